The van der Waals surface area contributed by atoms with Gasteiger partial charge in [-0.15, -0.1) is 0 Å². The molecular formula is C32H40O14S4. The lowest BCUT2D eigenvalue weighted by molar-refractivity contribution is 0.0779. The Morgan fingerprint density at radius 2 is 0.960 bits per heavy atom. The first-order valence-corrected chi connectivity index (χ1v) is 20.9. The summed E-state index contributed by atoms with van der Waals surface area (Å²) < 4.78 is 126. The molecule has 0 aliphatic rings. The maximum atomic E-state index is 12.0. The van der Waals surface area contributed by atoms with Gasteiger partial charge in [0.1, 0.15) is 24.7 Å². The predicted octanol–water partition coefficient (Wildman–Crippen LogP) is 3.99. The Morgan fingerprint density at radius 1 is 0.560 bits per heavy atom. The van der Waals surface area contributed by atoms with Crippen LogP contribution >= 0.6 is 0 Å². The number of sulfone groups is 2. The first-order valence-electron chi connectivity index (χ1n) is 14.8. The van der Waals surface area contributed by atoms with E-state index in [1.165, 1.54) is 60.7 Å². The lowest BCUT2D eigenvalue weighted by atomic mass is 10.2. The minimum absolute atomic E-state index is 0.0883. The van der Waals surface area contributed by atoms with E-state index in [1.807, 2.05) is 6.92 Å². The van der Waals surface area contributed by atoms with Crippen LogP contribution in [-0.4, -0.2) is 90.2 Å². The fourth-order valence-electron chi connectivity index (χ4n) is 3.60. The summed E-state index contributed by atoms with van der Waals surface area (Å²) >= 11 is 0. The molecule has 3 aromatic carbocycles. The summed E-state index contributed by atoms with van der Waals surface area (Å²) in [5.74, 6) is 0.641. The largest absolute Gasteiger partial charge is 0.491 e. The third-order valence-corrected chi connectivity index (χ3v) is 11.1. The van der Waals surface area contributed by atoms with Crippen LogP contribution in [-0.2, 0) is 53.6 Å². The molecule has 0 heterocycles. The van der Waals surface area contributed by atoms with Crippen LogP contribution in [0.25, 0.3) is 0 Å². The van der Waals surface area contributed by atoms with Crippen molar-refractivity contribution in [3.63, 3.8) is 0 Å². The third kappa shape index (κ3) is 15.9. The highest BCUT2D eigenvalue weighted by atomic mass is 32.2. The smallest absolute Gasteiger partial charge is 0.297 e. The van der Waals surface area contributed by atoms with E-state index in [-0.39, 0.29) is 73.1 Å². The second kappa shape index (κ2) is 20.3. The summed E-state index contributed by atoms with van der Waals surface area (Å²) in [5.41, 5.74) is 0.958. The van der Waals surface area contributed by atoms with Gasteiger partial charge in [0, 0.05) is 17.4 Å². The normalized spacial score (nSPS) is 12.0. The van der Waals surface area contributed by atoms with Crippen molar-refractivity contribution in [2.75, 3.05) is 52.0 Å². The maximum Gasteiger partial charge on any atom is 0.297 e. The Balaban J connectivity index is 0.000000358. The molecule has 0 aliphatic heterocycles. The molecule has 0 aromatic heterocycles. The Hall–Kier alpha value is -3.62. The van der Waals surface area contributed by atoms with Crippen molar-refractivity contribution in [1.82, 2.24) is 0 Å². The summed E-state index contributed by atoms with van der Waals surface area (Å²) in [6.07, 6.45) is 0.201. The van der Waals surface area contributed by atoms with Crippen LogP contribution in [0.2, 0.25) is 0 Å². The molecule has 276 valence electrons. The van der Waals surface area contributed by atoms with Crippen LogP contribution in [0.1, 0.15) is 12.0 Å². The highest BCUT2D eigenvalue weighted by molar-refractivity contribution is 7.94. The van der Waals surface area contributed by atoms with Gasteiger partial charge in [-0.05, 0) is 74.0 Å². The number of benzene rings is 3. The quantitative estimate of drug-likeness (QED) is 0.0924. The van der Waals surface area contributed by atoms with Crippen LogP contribution in [0.3, 0.4) is 0 Å². The molecule has 0 unspecified atom stereocenters. The van der Waals surface area contributed by atoms with Crippen LogP contribution in [0.5, 0.6) is 11.5 Å². The monoisotopic (exact) mass is 776 g/mol. The van der Waals surface area contributed by atoms with E-state index in [2.05, 4.69) is 13.2 Å². The zero-order chi connectivity index (χ0) is 37.3. The lowest BCUT2D eigenvalue weighted by Crippen LogP contribution is -2.14. The number of ether oxygens (including phenoxy) is 4. The molecular weight excluding hydrogens is 737 g/mol. The van der Waals surface area contributed by atoms with Crippen molar-refractivity contribution < 1.29 is 61.4 Å². The van der Waals surface area contributed by atoms with Gasteiger partial charge in [0.05, 0.1) is 46.9 Å². The number of hydrogen-bond acceptors (Lipinski definition) is 13. The van der Waals surface area contributed by atoms with Crippen LogP contribution in [0.4, 0.5) is 0 Å². The van der Waals surface area contributed by atoms with Gasteiger partial charge in [-0.25, -0.2) is 16.8 Å². The molecule has 0 aliphatic carbocycles. The molecule has 3 rings (SSSR count). The van der Waals surface area contributed by atoms with E-state index < -0.39 is 39.9 Å². The zero-order valence-electron chi connectivity index (χ0n) is 27.2. The van der Waals surface area contributed by atoms with Crippen molar-refractivity contribution in [2.45, 2.75) is 28.0 Å². The Bertz CT molecular complexity index is 1940. The van der Waals surface area contributed by atoms with Crippen LogP contribution in [0, 0.1) is 6.92 Å². The minimum Gasteiger partial charge on any atom is -0.491 e. The standard InChI is InChI=1S/C19H22O7S2.C13H18O7S2/c1-3-27(20,21)18-10-6-17(7-11-18)25-14-12-24-13-15-26-28(22,23)19-8-4-16(2)5-9-19;1-2-21(14,15)13-6-4-12(5-7-13)20-10-9-19-8-3-11-22(16,17)18/h3-11H,1,12-15H2,2H3;2,4-7H,1,3,8-11H2,(H,16,17,18). The van der Waals surface area contributed by atoms with Gasteiger partial charge in [-0.3, -0.25) is 8.74 Å². The van der Waals surface area contributed by atoms with E-state index in [0.717, 1.165) is 16.4 Å². The highest BCUT2D eigenvalue weighted by Crippen LogP contribution is 2.19. The summed E-state index contributed by atoms with van der Waals surface area (Å²) in [6, 6.07) is 18.2. The van der Waals surface area contributed by atoms with E-state index in [4.69, 9.17) is 27.7 Å². The van der Waals surface area contributed by atoms with Gasteiger partial charge in [-0.2, -0.15) is 16.8 Å². The fourth-order valence-corrected chi connectivity index (χ4v) is 6.39. The first-order chi connectivity index (χ1) is 23.5. The van der Waals surface area contributed by atoms with Crippen LogP contribution < -0.4 is 9.47 Å². The SMILES string of the molecule is C=CS(=O)(=O)c1ccc(OCCOCCCS(=O)(=O)O)cc1.C=CS(=O)(=O)c1ccc(OCCOCCOS(=O)(=O)c2ccc(C)cc2)cc1. The van der Waals surface area contributed by atoms with Crippen molar-refractivity contribution in [2.24, 2.45) is 0 Å². The van der Waals surface area contributed by atoms with Gasteiger partial charge in [-0.1, -0.05) is 30.9 Å². The van der Waals surface area contributed by atoms with Gasteiger partial charge < -0.3 is 18.9 Å². The van der Waals surface area contributed by atoms with Crippen molar-refractivity contribution in [3.05, 3.63) is 102 Å². The van der Waals surface area contributed by atoms with Crippen molar-refractivity contribution in [1.29, 1.82) is 0 Å². The van der Waals surface area contributed by atoms with E-state index in [1.54, 1.807) is 12.1 Å². The molecule has 0 saturated carbocycles. The van der Waals surface area contributed by atoms with Gasteiger partial charge in [0.25, 0.3) is 20.2 Å². The summed E-state index contributed by atoms with van der Waals surface area (Å²) in [6.45, 7) is 9.48. The zero-order valence-corrected chi connectivity index (χ0v) is 30.5. The molecule has 0 amide bonds. The Kier molecular flexibility index (Phi) is 17.3. The molecule has 18 heteroatoms. The van der Waals surface area contributed by atoms with E-state index >= 15 is 0 Å². The van der Waals surface area contributed by atoms with Crippen LogP contribution in [0.15, 0.2) is 111 Å². The molecule has 0 bridgehead atoms. The number of rotatable bonds is 21. The van der Waals surface area contributed by atoms with E-state index in [0.29, 0.717) is 11.5 Å². The molecule has 0 atom stereocenters. The predicted molar refractivity (Wildman–Crippen MR) is 186 cm³/mol. The average Bonchev–Trinajstić information content (AvgIpc) is 3.08. The molecule has 14 nitrogen and oxygen atoms in total. The molecule has 0 fully saturated rings. The van der Waals surface area contributed by atoms with Gasteiger partial charge in [0.2, 0.25) is 0 Å². The number of aryl methyl sites for hydroxylation is 1. The van der Waals surface area contributed by atoms with Gasteiger partial charge >= 0.3 is 0 Å². The van der Waals surface area contributed by atoms with Gasteiger partial charge in [0.15, 0.2) is 19.7 Å². The summed E-state index contributed by atoms with van der Waals surface area (Å²) in [7, 11) is -14.7. The summed E-state index contributed by atoms with van der Waals surface area (Å²) in [5, 5.41) is 1.76. The second-order valence-electron chi connectivity index (χ2n) is 10.0. The molecule has 3 aromatic rings. The Labute approximate surface area is 294 Å². The Morgan fingerprint density at radius 3 is 1.38 bits per heavy atom. The van der Waals surface area contributed by atoms with Crippen molar-refractivity contribution >= 4 is 39.9 Å². The third-order valence-electron chi connectivity index (χ3n) is 6.20. The minimum atomic E-state index is -3.95. The topological polar surface area (TPSA) is 203 Å². The van der Waals surface area contributed by atoms with Crippen molar-refractivity contribution in [3.8, 4) is 11.5 Å². The molecule has 0 radical (unpaired) electrons. The molecule has 50 heavy (non-hydrogen) atoms. The summed E-state index contributed by atoms with van der Waals surface area (Å²) in [4.78, 5) is 0.373. The lowest BCUT2D eigenvalue weighted by Gasteiger charge is -2.09. The molecule has 0 spiro atoms. The molecule has 1 N–H and O–H groups in total. The highest BCUT2D eigenvalue weighted by Gasteiger charge is 2.14. The second-order valence-corrected chi connectivity index (χ2v) is 17.0. The van der Waals surface area contributed by atoms with E-state index in [9.17, 15) is 33.7 Å². The number of hydrogen-bond donors (Lipinski definition) is 1. The maximum absolute atomic E-state index is 12.0. The molecule has 0 saturated heterocycles. The first kappa shape index (κ1) is 42.5. The fraction of sp³-hybridized carbons (Fsp3) is 0.312. The average molecular weight is 777 g/mol.